The minimum atomic E-state index is -0.910. The van der Waals surface area contributed by atoms with Crippen LogP contribution in [0.1, 0.15) is 11.3 Å². The van der Waals surface area contributed by atoms with E-state index in [1.165, 1.54) is 12.3 Å². The van der Waals surface area contributed by atoms with E-state index in [4.69, 9.17) is 26.0 Å². The first-order valence-corrected chi connectivity index (χ1v) is 7.26. The zero-order valence-electron chi connectivity index (χ0n) is 12.7. The lowest BCUT2D eigenvalue weighted by Gasteiger charge is -2.09. The molecule has 1 amide bonds. The molecule has 0 bridgehead atoms. The summed E-state index contributed by atoms with van der Waals surface area (Å²) in [4.78, 5) is 23.7. The molecule has 6 nitrogen and oxygen atoms in total. The van der Waals surface area contributed by atoms with Gasteiger partial charge in [0, 0.05) is 16.8 Å². The lowest BCUT2D eigenvalue weighted by Crippen LogP contribution is -2.21. The summed E-state index contributed by atoms with van der Waals surface area (Å²) in [5.74, 6) is -1.11. The van der Waals surface area contributed by atoms with Crippen LogP contribution < -0.4 is 5.32 Å². The Morgan fingerprint density at radius 2 is 2.21 bits per heavy atom. The third-order valence-corrected chi connectivity index (χ3v) is 3.21. The molecule has 0 saturated carbocycles. The van der Waals surface area contributed by atoms with Gasteiger partial charge in [0.1, 0.15) is 17.4 Å². The molecule has 0 aliphatic rings. The van der Waals surface area contributed by atoms with Crippen LogP contribution >= 0.6 is 11.6 Å². The van der Waals surface area contributed by atoms with Crippen molar-refractivity contribution in [3.8, 4) is 6.07 Å². The van der Waals surface area contributed by atoms with Gasteiger partial charge in [0.2, 0.25) is 0 Å². The van der Waals surface area contributed by atoms with Crippen LogP contribution in [-0.4, -0.2) is 18.5 Å². The summed E-state index contributed by atoms with van der Waals surface area (Å²) in [7, 11) is 0. The zero-order valence-corrected chi connectivity index (χ0v) is 13.5. The molecule has 0 atom stereocenters. The van der Waals surface area contributed by atoms with Crippen LogP contribution in [0, 0.1) is 18.3 Å². The van der Waals surface area contributed by atoms with Crippen LogP contribution in [0.15, 0.2) is 46.6 Å². The Morgan fingerprint density at radius 3 is 2.88 bits per heavy atom. The Balaban J connectivity index is 1.94. The van der Waals surface area contributed by atoms with E-state index < -0.39 is 18.5 Å². The van der Waals surface area contributed by atoms with Crippen LogP contribution in [0.3, 0.4) is 0 Å². The Bertz CT molecular complexity index is 820. The zero-order chi connectivity index (χ0) is 17.5. The summed E-state index contributed by atoms with van der Waals surface area (Å²) >= 11 is 5.87. The molecule has 1 N–H and O–H groups in total. The third kappa shape index (κ3) is 4.73. The van der Waals surface area contributed by atoms with Gasteiger partial charge in [0.25, 0.3) is 5.91 Å². The van der Waals surface area contributed by atoms with Crippen molar-refractivity contribution in [1.82, 2.24) is 0 Å². The van der Waals surface area contributed by atoms with Gasteiger partial charge in [-0.15, -0.1) is 0 Å². The summed E-state index contributed by atoms with van der Waals surface area (Å²) in [5.41, 5.74) is 1.07. The molecule has 0 aliphatic heterocycles. The fraction of sp³-hybridized carbons (Fsp3) is 0.118. The maximum atomic E-state index is 11.9. The maximum Gasteiger partial charge on any atom is 0.349 e. The number of carbonyl (C=O) groups is 2. The van der Waals surface area contributed by atoms with Crippen LogP contribution in [-0.2, 0) is 14.3 Å². The second kappa shape index (κ2) is 7.99. The average Bonchev–Trinajstić information content (AvgIpc) is 3.07. The largest absolute Gasteiger partial charge is 0.465 e. The van der Waals surface area contributed by atoms with Crippen molar-refractivity contribution >= 4 is 35.2 Å². The third-order valence-electron chi connectivity index (χ3n) is 2.98. The number of benzene rings is 1. The number of hydrogen-bond donors (Lipinski definition) is 1. The molecule has 24 heavy (non-hydrogen) atoms. The first-order chi connectivity index (χ1) is 11.5. The summed E-state index contributed by atoms with van der Waals surface area (Å²) < 4.78 is 9.85. The van der Waals surface area contributed by atoms with Gasteiger partial charge < -0.3 is 14.5 Å². The van der Waals surface area contributed by atoms with Crippen LogP contribution in [0.4, 0.5) is 5.69 Å². The van der Waals surface area contributed by atoms with Gasteiger partial charge in [0.15, 0.2) is 6.61 Å². The van der Waals surface area contributed by atoms with E-state index in [2.05, 4.69) is 5.32 Å². The Morgan fingerprint density at radius 1 is 1.42 bits per heavy atom. The normalized spacial score (nSPS) is 10.8. The molecular weight excluding hydrogens is 332 g/mol. The molecule has 1 aromatic carbocycles. The van der Waals surface area contributed by atoms with Crippen LogP contribution in [0.5, 0.6) is 0 Å². The molecule has 0 fully saturated rings. The number of halogens is 1. The summed E-state index contributed by atoms with van der Waals surface area (Å²) in [5, 5.41) is 12.0. The molecule has 2 aromatic rings. The van der Waals surface area contributed by atoms with Crippen LogP contribution in [0.2, 0.25) is 5.02 Å². The molecule has 0 radical (unpaired) electrons. The summed E-state index contributed by atoms with van der Waals surface area (Å²) in [6.45, 7) is 1.28. The number of nitrogens with one attached hydrogen (secondary N) is 1. The quantitative estimate of drug-likeness (QED) is 0.510. The highest BCUT2D eigenvalue weighted by Gasteiger charge is 2.14. The van der Waals surface area contributed by atoms with Crippen molar-refractivity contribution in [1.29, 1.82) is 5.26 Å². The lowest BCUT2D eigenvalue weighted by molar-refractivity contribution is -0.142. The number of carbonyl (C=O) groups excluding carboxylic acids is 2. The fourth-order valence-corrected chi connectivity index (χ4v) is 1.95. The van der Waals surface area contributed by atoms with E-state index >= 15 is 0 Å². The molecule has 1 aromatic heterocycles. The first-order valence-electron chi connectivity index (χ1n) is 6.88. The van der Waals surface area contributed by atoms with Crippen molar-refractivity contribution in [3.05, 3.63) is 58.5 Å². The summed E-state index contributed by atoms with van der Waals surface area (Å²) in [6, 6.07) is 9.95. The fourth-order valence-electron chi connectivity index (χ4n) is 1.78. The van der Waals surface area contributed by atoms with Crippen molar-refractivity contribution < 1.29 is 18.7 Å². The van der Waals surface area contributed by atoms with Crippen molar-refractivity contribution in [2.75, 3.05) is 11.9 Å². The number of esters is 1. The first kappa shape index (κ1) is 17.3. The van der Waals surface area contributed by atoms with Gasteiger partial charge in [-0.2, -0.15) is 5.26 Å². The average molecular weight is 345 g/mol. The van der Waals surface area contributed by atoms with Crippen molar-refractivity contribution in [2.24, 2.45) is 0 Å². The number of aryl methyl sites for hydroxylation is 1. The van der Waals surface area contributed by atoms with E-state index in [-0.39, 0.29) is 5.57 Å². The van der Waals surface area contributed by atoms with Gasteiger partial charge in [-0.05, 0) is 36.8 Å². The Kier molecular flexibility index (Phi) is 5.77. The number of nitrogens with zero attached hydrogens (tertiary/aromatic N) is 1. The lowest BCUT2D eigenvalue weighted by atomic mass is 10.2. The number of nitriles is 1. The van der Waals surface area contributed by atoms with E-state index in [9.17, 15) is 9.59 Å². The molecule has 0 unspecified atom stereocenters. The number of furan rings is 1. The second-order valence-electron chi connectivity index (χ2n) is 4.77. The predicted molar refractivity (Wildman–Crippen MR) is 88.1 cm³/mol. The van der Waals surface area contributed by atoms with E-state index in [0.717, 1.165) is 5.56 Å². The summed E-state index contributed by atoms with van der Waals surface area (Å²) in [6.07, 6.45) is 2.65. The highest BCUT2D eigenvalue weighted by molar-refractivity contribution is 6.31. The highest BCUT2D eigenvalue weighted by atomic mass is 35.5. The van der Waals surface area contributed by atoms with Gasteiger partial charge >= 0.3 is 5.97 Å². The van der Waals surface area contributed by atoms with Crippen LogP contribution in [0.25, 0.3) is 6.08 Å². The number of hydrogen-bond acceptors (Lipinski definition) is 5. The number of anilines is 1. The second-order valence-corrected chi connectivity index (χ2v) is 5.21. The van der Waals surface area contributed by atoms with Crippen molar-refractivity contribution in [2.45, 2.75) is 6.92 Å². The highest BCUT2D eigenvalue weighted by Crippen LogP contribution is 2.20. The standard InChI is InChI=1S/C17H13ClN2O4/c1-11-4-5-13(18)8-15(11)20-16(21)10-24-17(22)12(9-19)7-14-3-2-6-23-14/h2-8H,10H2,1H3,(H,20,21)/b12-7+. The molecule has 0 saturated heterocycles. The maximum absolute atomic E-state index is 11.9. The van der Waals surface area contributed by atoms with Crippen molar-refractivity contribution in [3.63, 3.8) is 0 Å². The SMILES string of the molecule is Cc1ccc(Cl)cc1NC(=O)COC(=O)/C(C#N)=C/c1ccco1. The van der Waals surface area contributed by atoms with E-state index in [1.807, 2.05) is 0 Å². The molecule has 0 aliphatic carbocycles. The van der Waals surface area contributed by atoms with Gasteiger partial charge in [-0.3, -0.25) is 4.79 Å². The molecule has 7 heteroatoms. The monoisotopic (exact) mass is 344 g/mol. The molecule has 2 rings (SSSR count). The number of amides is 1. The van der Waals surface area contributed by atoms with Gasteiger partial charge in [-0.25, -0.2) is 4.79 Å². The number of rotatable bonds is 5. The van der Waals surface area contributed by atoms with Gasteiger partial charge in [-0.1, -0.05) is 17.7 Å². The topological polar surface area (TPSA) is 92.3 Å². The smallest absolute Gasteiger partial charge is 0.349 e. The minimum absolute atomic E-state index is 0.267. The van der Waals surface area contributed by atoms with E-state index in [1.54, 1.807) is 43.3 Å². The Labute approximate surface area is 143 Å². The molecule has 0 spiro atoms. The predicted octanol–water partition coefficient (Wildman–Crippen LogP) is 3.33. The molecule has 1 heterocycles. The number of ether oxygens (including phenoxy) is 1. The molecular formula is C17H13ClN2O4. The van der Waals surface area contributed by atoms with Gasteiger partial charge in [0.05, 0.1) is 6.26 Å². The Hall–Kier alpha value is -3.04. The minimum Gasteiger partial charge on any atom is -0.465 e. The van der Waals surface area contributed by atoms with E-state index in [0.29, 0.717) is 16.5 Å². The molecule has 122 valence electrons.